The van der Waals surface area contributed by atoms with E-state index in [0.717, 1.165) is 76.8 Å². The number of likely N-dealkylation sites (tertiary alicyclic amines) is 1. The maximum Gasteiger partial charge on any atom is 0.191 e. The van der Waals surface area contributed by atoms with E-state index in [1.54, 1.807) is 6.26 Å². The SMILES string of the molecule is CCOCCCN=C(NCCc1ccco1)NC1CCN(C(C)C)CC1. The molecule has 0 bridgehead atoms. The van der Waals surface area contributed by atoms with Gasteiger partial charge in [0.2, 0.25) is 0 Å². The van der Waals surface area contributed by atoms with Crippen molar-refractivity contribution in [1.82, 2.24) is 15.5 Å². The summed E-state index contributed by atoms with van der Waals surface area (Å²) < 4.78 is 10.8. The van der Waals surface area contributed by atoms with Crippen LogP contribution in [0.4, 0.5) is 0 Å². The molecule has 0 aliphatic carbocycles. The zero-order valence-electron chi connectivity index (χ0n) is 16.7. The van der Waals surface area contributed by atoms with Crippen molar-refractivity contribution in [2.75, 3.05) is 39.4 Å². The van der Waals surface area contributed by atoms with Gasteiger partial charge in [-0.25, -0.2) is 0 Å². The van der Waals surface area contributed by atoms with E-state index in [1.807, 2.05) is 19.1 Å². The molecule has 0 atom stereocenters. The van der Waals surface area contributed by atoms with Crippen molar-refractivity contribution in [2.24, 2.45) is 4.99 Å². The summed E-state index contributed by atoms with van der Waals surface area (Å²) >= 11 is 0. The fraction of sp³-hybridized carbons (Fsp3) is 0.750. The van der Waals surface area contributed by atoms with Crippen molar-refractivity contribution in [3.8, 4) is 0 Å². The lowest BCUT2D eigenvalue weighted by molar-refractivity contribution is 0.146. The lowest BCUT2D eigenvalue weighted by Crippen LogP contribution is -2.50. The number of guanidine groups is 1. The first-order chi connectivity index (χ1) is 12.7. The van der Waals surface area contributed by atoms with Crippen LogP contribution in [0.25, 0.3) is 0 Å². The molecule has 6 heteroatoms. The predicted molar refractivity (Wildman–Crippen MR) is 107 cm³/mol. The Morgan fingerprint density at radius 1 is 1.38 bits per heavy atom. The topological polar surface area (TPSA) is 62.0 Å². The Morgan fingerprint density at radius 3 is 2.85 bits per heavy atom. The number of rotatable bonds is 10. The quantitative estimate of drug-likeness (QED) is 0.380. The third kappa shape index (κ3) is 7.79. The van der Waals surface area contributed by atoms with Gasteiger partial charge in [0.1, 0.15) is 5.76 Å². The molecule has 0 amide bonds. The molecule has 2 N–H and O–H groups in total. The molecule has 2 rings (SSSR count). The van der Waals surface area contributed by atoms with Gasteiger partial charge in [-0.2, -0.15) is 0 Å². The monoisotopic (exact) mass is 364 g/mol. The van der Waals surface area contributed by atoms with Crippen LogP contribution in [0.2, 0.25) is 0 Å². The van der Waals surface area contributed by atoms with Crippen molar-refractivity contribution in [2.45, 2.75) is 58.5 Å². The Morgan fingerprint density at radius 2 is 2.19 bits per heavy atom. The molecule has 0 unspecified atom stereocenters. The van der Waals surface area contributed by atoms with Crippen molar-refractivity contribution >= 4 is 5.96 Å². The van der Waals surface area contributed by atoms with Crippen LogP contribution in [-0.2, 0) is 11.2 Å². The maximum atomic E-state index is 5.40. The normalized spacial score (nSPS) is 17.0. The Kier molecular flexibility index (Phi) is 9.56. The van der Waals surface area contributed by atoms with Crippen LogP contribution in [0, 0.1) is 0 Å². The molecule has 6 nitrogen and oxygen atoms in total. The van der Waals surface area contributed by atoms with E-state index >= 15 is 0 Å². The van der Waals surface area contributed by atoms with Crippen molar-refractivity contribution in [1.29, 1.82) is 0 Å². The minimum absolute atomic E-state index is 0.492. The largest absolute Gasteiger partial charge is 0.469 e. The summed E-state index contributed by atoms with van der Waals surface area (Å²) in [6, 6.07) is 5.06. The van der Waals surface area contributed by atoms with Gasteiger partial charge < -0.3 is 24.7 Å². The van der Waals surface area contributed by atoms with Crippen LogP contribution in [0.15, 0.2) is 27.8 Å². The molecular weight excluding hydrogens is 328 g/mol. The number of nitrogens with zero attached hydrogens (tertiary/aromatic N) is 2. The highest BCUT2D eigenvalue weighted by Gasteiger charge is 2.21. The van der Waals surface area contributed by atoms with Crippen LogP contribution in [0.5, 0.6) is 0 Å². The predicted octanol–water partition coefficient (Wildman–Crippen LogP) is 2.66. The first kappa shape index (κ1) is 20.8. The molecule has 1 fully saturated rings. The third-order valence-corrected chi connectivity index (χ3v) is 4.77. The Bertz CT molecular complexity index is 494. The number of furan rings is 1. The van der Waals surface area contributed by atoms with Gasteiger partial charge in [-0.05, 0) is 52.2 Å². The molecular formula is C20H36N4O2. The molecule has 1 aliphatic heterocycles. The van der Waals surface area contributed by atoms with E-state index < -0.39 is 0 Å². The molecule has 1 aromatic rings. The van der Waals surface area contributed by atoms with E-state index in [9.17, 15) is 0 Å². The Hall–Kier alpha value is -1.53. The molecule has 0 radical (unpaired) electrons. The van der Waals surface area contributed by atoms with Crippen LogP contribution >= 0.6 is 0 Å². The second kappa shape index (κ2) is 12.0. The number of ether oxygens (including phenoxy) is 1. The summed E-state index contributed by atoms with van der Waals surface area (Å²) in [6.07, 6.45) is 5.86. The number of hydrogen-bond acceptors (Lipinski definition) is 4. The number of piperidine rings is 1. The van der Waals surface area contributed by atoms with Crippen molar-refractivity contribution in [3.05, 3.63) is 24.2 Å². The number of hydrogen-bond donors (Lipinski definition) is 2. The van der Waals surface area contributed by atoms with E-state index in [2.05, 4.69) is 29.4 Å². The van der Waals surface area contributed by atoms with Gasteiger partial charge in [-0.3, -0.25) is 4.99 Å². The second-order valence-corrected chi connectivity index (χ2v) is 7.09. The Labute approximate surface area is 158 Å². The maximum absolute atomic E-state index is 5.40. The second-order valence-electron chi connectivity index (χ2n) is 7.09. The number of aliphatic imine (C=N–C) groups is 1. The van der Waals surface area contributed by atoms with Crippen molar-refractivity contribution in [3.63, 3.8) is 0 Å². The molecule has 0 aromatic carbocycles. The van der Waals surface area contributed by atoms with E-state index in [1.165, 1.54) is 0 Å². The molecule has 1 saturated heterocycles. The summed E-state index contributed by atoms with van der Waals surface area (Å²) in [6.45, 7) is 12.0. The summed E-state index contributed by atoms with van der Waals surface area (Å²) in [7, 11) is 0. The molecule has 2 heterocycles. The highest BCUT2D eigenvalue weighted by molar-refractivity contribution is 5.80. The molecule has 148 valence electrons. The van der Waals surface area contributed by atoms with E-state index in [0.29, 0.717) is 12.1 Å². The minimum atomic E-state index is 0.492. The number of nitrogens with one attached hydrogen (secondary N) is 2. The van der Waals surface area contributed by atoms with Gasteiger partial charge >= 0.3 is 0 Å². The van der Waals surface area contributed by atoms with Crippen molar-refractivity contribution < 1.29 is 9.15 Å². The minimum Gasteiger partial charge on any atom is -0.469 e. The van der Waals surface area contributed by atoms with Crippen LogP contribution in [-0.4, -0.2) is 62.3 Å². The van der Waals surface area contributed by atoms with Gasteiger partial charge in [-0.15, -0.1) is 0 Å². The fourth-order valence-electron chi connectivity index (χ4n) is 3.17. The van der Waals surface area contributed by atoms with E-state index in [4.69, 9.17) is 14.1 Å². The smallest absolute Gasteiger partial charge is 0.191 e. The first-order valence-electron chi connectivity index (χ1n) is 10.1. The lowest BCUT2D eigenvalue weighted by Gasteiger charge is -2.35. The van der Waals surface area contributed by atoms with Gasteiger partial charge in [0, 0.05) is 57.9 Å². The highest BCUT2D eigenvalue weighted by atomic mass is 16.5. The van der Waals surface area contributed by atoms with E-state index in [-0.39, 0.29) is 0 Å². The van der Waals surface area contributed by atoms with Crippen LogP contribution < -0.4 is 10.6 Å². The molecule has 1 aromatic heterocycles. The lowest BCUT2D eigenvalue weighted by atomic mass is 10.0. The average molecular weight is 365 g/mol. The average Bonchev–Trinajstić information content (AvgIpc) is 3.15. The third-order valence-electron chi connectivity index (χ3n) is 4.77. The zero-order chi connectivity index (χ0) is 18.6. The standard InChI is InChI=1S/C20H36N4O2/c1-4-25-15-6-11-21-20(22-12-8-19-7-5-16-26-19)23-18-9-13-24(14-10-18)17(2)3/h5,7,16-18H,4,6,8-15H2,1-3H3,(H2,21,22,23). The van der Waals surface area contributed by atoms with Gasteiger partial charge in [0.15, 0.2) is 5.96 Å². The van der Waals surface area contributed by atoms with Crippen LogP contribution in [0.3, 0.4) is 0 Å². The molecule has 1 aliphatic rings. The molecule has 26 heavy (non-hydrogen) atoms. The van der Waals surface area contributed by atoms with Gasteiger partial charge in [0.05, 0.1) is 6.26 Å². The highest BCUT2D eigenvalue weighted by Crippen LogP contribution is 2.12. The van der Waals surface area contributed by atoms with Crippen LogP contribution in [0.1, 0.15) is 45.8 Å². The zero-order valence-corrected chi connectivity index (χ0v) is 16.7. The van der Waals surface area contributed by atoms with Gasteiger partial charge in [-0.1, -0.05) is 0 Å². The Balaban J connectivity index is 1.78. The summed E-state index contributed by atoms with van der Waals surface area (Å²) in [5, 5.41) is 7.08. The first-order valence-corrected chi connectivity index (χ1v) is 10.1. The molecule has 0 spiro atoms. The summed E-state index contributed by atoms with van der Waals surface area (Å²) in [5.74, 6) is 1.91. The summed E-state index contributed by atoms with van der Waals surface area (Å²) in [5.41, 5.74) is 0. The molecule has 0 saturated carbocycles. The van der Waals surface area contributed by atoms with Gasteiger partial charge in [0.25, 0.3) is 0 Å². The summed E-state index contributed by atoms with van der Waals surface area (Å²) in [4.78, 5) is 7.28. The fourth-order valence-corrected chi connectivity index (χ4v) is 3.17.